The Labute approximate surface area is 134 Å². The van der Waals surface area contributed by atoms with E-state index in [-0.39, 0.29) is 23.6 Å². The maximum atomic E-state index is 12.9. The minimum absolute atomic E-state index is 0.0126. The molecule has 1 aliphatic rings. The molecule has 1 heterocycles. The first-order valence-electron chi connectivity index (χ1n) is 6.46. The zero-order valence-electron chi connectivity index (χ0n) is 11.5. The van der Waals surface area contributed by atoms with E-state index in [0.29, 0.717) is 6.07 Å². The Hall–Kier alpha value is -1.61. The third-order valence-electron chi connectivity index (χ3n) is 3.38. The predicted molar refractivity (Wildman–Crippen MR) is 76.9 cm³/mol. The van der Waals surface area contributed by atoms with E-state index < -0.39 is 44.2 Å². The predicted octanol–water partition coefficient (Wildman–Crippen LogP) is 2.44. The second-order valence-corrected chi connectivity index (χ2v) is 7.74. The number of hydrogen-bond acceptors (Lipinski definition) is 4. The molecule has 0 radical (unpaired) electrons. The molecule has 126 valence electrons. The van der Waals surface area contributed by atoms with Crippen molar-refractivity contribution < 1.29 is 31.2 Å². The molecule has 0 spiro atoms. The average Bonchev–Trinajstić information content (AvgIpc) is 2.78. The van der Waals surface area contributed by atoms with Gasteiger partial charge < -0.3 is 5.32 Å². The van der Waals surface area contributed by atoms with Crippen molar-refractivity contribution in [3.63, 3.8) is 0 Å². The number of anilines is 1. The zero-order chi connectivity index (χ0) is 17.4. The number of nitrogens with one attached hydrogen (secondary N) is 1. The third kappa shape index (κ3) is 3.84. The lowest BCUT2D eigenvalue weighted by Crippen LogP contribution is -2.36. The third-order valence-corrected chi connectivity index (χ3v) is 5.79. The van der Waals surface area contributed by atoms with Gasteiger partial charge in [-0.2, -0.15) is 13.2 Å². The average molecular weight is 370 g/mol. The van der Waals surface area contributed by atoms with Gasteiger partial charge in [0.2, 0.25) is 5.78 Å². The number of sulfone groups is 1. The molecule has 1 aromatic rings. The number of rotatable bonds is 3. The van der Waals surface area contributed by atoms with Crippen LogP contribution in [0.1, 0.15) is 18.4 Å². The summed E-state index contributed by atoms with van der Waals surface area (Å²) in [7, 11) is -3.72. The number of carbonyl (C=O) groups excluding carboxylic acids is 2. The van der Waals surface area contributed by atoms with Gasteiger partial charge in [-0.15, -0.1) is 0 Å². The van der Waals surface area contributed by atoms with Crippen LogP contribution < -0.4 is 5.32 Å². The van der Waals surface area contributed by atoms with Crippen LogP contribution in [0.3, 0.4) is 0 Å². The monoisotopic (exact) mass is 369 g/mol. The maximum Gasteiger partial charge on any atom is 0.418 e. The Morgan fingerprint density at radius 2 is 1.91 bits per heavy atom. The molecule has 23 heavy (non-hydrogen) atoms. The number of ketones is 1. The van der Waals surface area contributed by atoms with E-state index in [2.05, 4.69) is 0 Å². The summed E-state index contributed by atoms with van der Waals surface area (Å²) in [5.74, 6) is -2.87. The Balaban J connectivity index is 2.26. The van der Waals surface area contributed by atoms with E-state index in [0.717, 1.165) is 12.1 Å². The Bertz CT molecular complexity index is 761. The molecule has 1 amide bonds. The van der Waals surface area contributed by atoms with Gasteiger partial charge in [0.25, 0.3) is 5.91 Å². The van der Waals surface area contributed by atoms with Crippen LogP contribution in [0.15, 0.2) is 18.2 Å². The topological polar surface area (TPSA) is 80.3 Å². The van der Waals surface area contributed by atoms with E-state index in [1.165, 1.54) is 0 Å². The standard InChI is InChI=1S/C13H11ClF3NO4S/c14-7-3-4-9(8(6-7)13(15,16)17)18-12(20)11(19)10-2-1-5-23(10,21)22/h3-4,6,10H,1-2,5H2,(H,18,20)/t10-/m0/s1. The van der Waals surface area contributed by atoms with Crippen molar-refractivity contribution in [2.45, 2.75) is 24.3 Å². The molecule has 1 fully saturated rings. The number of Topliss-reactive ketones (excluding diaryl/α,β-unsaturated/α-hetero) is 1. The molecule has 0 unspecified atom stereocenters. The van der Waals surface area contributed by atoms with Crippen molar-refractivity contribution >= 4 is 38.8 Å². The maximum absolute atomic E-state index is 12.9. The summed E-state index contributed by atoms with van der Waals surface area (Å²) in [6.07, 6.45) is -4.57. The number of halogens is 4. The van der Waals surface area contributed by atoms with Gasteiger partial charge in [0.1, 0.15) is 5.25 Å². The van der Waals surface area contributed by atoms with Crippen LogP contribution in [0.4, 0.5) is 18.9 Å². The van der Waals surface area contributed by atoms with E-state index in [4.69, 9.17) is 11.6 Å². The molecule has 1 atom stereocenters. The molecule has 0 saturated carbocycles. The SMILES string of the molecule is O=C(Nc1ccc(Cl)cc1C(F)(F)F)C(=O)[C@@H]1CCCS1(=O)=O. The van der Waals surface area contributed by atoms with Crippen molar-refractivity contribution in [3.05, 3.63) is 28.8 Å². The molecule has 10 heteroatoms. The summed E-state index contributed by atoms with van der Waals surface area (Å²) in [6, 6.07) is 2.62. The molecule has 1 N–H and O–H groups in total. The van der Waals surface area contributed by atoms with Gasteiger partial charge in [-0.05, 0) is 31.0 Å². The summed E-state index contributed by atoms with van der Waals surface area (Å²) in [6.45, 7) is 0. The van der Waals surface area contributed by atoms with Crippen LogP contribution in [0.5, 0.6) is 0 Å². The van der Waals surface area contributed by atoms with Crippen LogP contribution in [-0.4, -0.2) is 31.1 Å². The fourth-order valence-electron chi connectivity index (χ4n) is 2.28. The van der Waals surface area contributed by atoms with Gasteiger partial charge in [-0.1, -0.05) is 11.6 Å². The van der Waals surface area contributed by atoms with Gasteiger partial charge in [0, 0.05) is 5.02 Å². The molecule has 2 rings (SSSR count). The van der Waals surface area contributed by atoms with Gasteiger partial charge in [-0.3, -0.25) is 9.59 Å². The lowest BCUT2D eigenvalue weighted by molar-refractivity contribution is -0.137. The molecule has 0 bridgehead atoms. The van der Waals surface area contributed by atoms with Gasteiger partial charge in [0.05, 0.1) is 17.0 Å². The van der Waals surface area contributed by atoms with Gasteiger partial charge in [-0.25, -0.2) is 8.42 Å². The lowest BCUT2D eigenvalue weighted by atomic mass is 10.1. The summed E-state index contributed by atoms with van der Waals surface area (Å²) in [5.41, 5.74) is -1.88. The second kappa shape index (κ2) is 6.12. The molecule has 0 aromatic heterocycles. The van der Waals surface area contributed by atoms with Crippen LogP contribution in [0.2, 0.25) is 5.02 Å². The first-order chi connectivity index (χ1) is 10.5. The van der Waals surface area contributed by atoms with Crippen molar-refractivity contribution in [2.24, 2.45) is 0 Å². The number of alkyl halides is 3. The summed E-state index contributed by atoms with van der Waals surface area (Å²) in [4.78, 5) is 23.7. The Morgan fingerprint density at radius 3 is 2.43 bits per heavy atom. The quantitative estimate of drug-likeness (QED) is 0.830. The van der Waals surface area contributed by atoms with Crippen molar-refractivity contribution in [3.8, 4) is 0 Å². The highest BCUT2D eigenvalue weighted by Crippen LogP contribution is 2.36. The lowest BCUT2D eigenvalue weighted by Gasteiger charge is -2.14. The van der Waals surface area contributed by atoms with E-state index in [1.54, 1.807) is 0 Å². The number of carbonyl (C=O) groups is 2. The van der Waals surface area contributed by atoms with Gasteiger partial charge in [0.15, 0.2) is 9.84 Å². The molecule has 1 saturated heterocycles. The number of amides is 1. The molecule has 5 nitrogen and oxygen atoms in total. The first kappa shape index (κ1) is 17.7. The van der Waals surface area contributed by atoms with Crippen molar-refractivity contribution in [2.75, 3.05) is 11.1 Å². The molecule has 0 aliphatic carbocycles. The van der Waals surface area contributed by atoms with Crippen LogP contribution in [0.25, 0.3) is 0 Å². The molecule has 1 aromatic carbocycles. The molecule has 1 aliphatic heterocycles. The van der Waals surface area contributed by atoms with Crippen LogP contribution in [0, 0.1) is 0 Å². The highest BCUT2D eigenvalue weighted by molar-refractivity contribution is 7.93. The normalized spacial score (nSPS) is 20.3. The highest BCUT2D eigenvalue weighted by Gasteiger charge is 2.41. The Morgan fingerprint density at radius 1 is 1.26 bits per heavy atom. The highest BCUT2D eigenvalue weighted by atomic mass is 35.5. The first-order valence-corrected chi connectivity index (χ1v) is 8.55. The summed E-state index contributed by atoms with van der Waals surface area (Å²) >= 11 is 5.50. The Kier molecular flexibility index (Phi) is 4.72. The number of hydrogen-bond donors (Lipinski definition) is 1. The van der Waals surface area contributed by atoms with Crippen LogP contribution in [-0.2, 0) is 25.6 Å². The minimum Gasteiger partial charge on any atom is -0.319 e. The molecular weight excluding hydrogens is 359 g/mol. The summed E-state index contributed by atoms with van der Waals surface area (Å²) < 4.78 is 62.0. The van der Waals surface area contributed by atoms with Crippen molar-refractivity contribution in [1.29, 1.82) is 0 Å². The van der Waals surface area contributed by atoms with E-state index in [1.807, 2.05) is 5.32 Å². The van der Waals surface area contributed by atoms with Crippen molar-refractivity contribution in [1.82, 2.24) is 0 Å². The second-order valence-electron chi connectivity index (χ2n) is 5.00. The smallest absolute Gasteiger partial charge is 0.319 e. The van der Waals surface area contributed by atoms with Gasteiger partial charge >= 0.3 is 6.18 Å². The number of benzene rings is 1. The zero-order valence-corrected chi connectivity index (χ0v) is 13.1. The molecular formula is C13H11ClF3NO4S. The van der Waals surface area contributed by atoms with E-state index >= 15 is 0 Å². The fourth-order valence-corrected chi connectivity index (χ4v) is 4.26. The van der Waals surface area contributed by atoms with E-state index in [9.17, 15) is 31.2 Å². The minimum atomic E-state index is -4.80. The fraction of sp³-hybridized carbons (Fsp3) is 0.385. The summed E-state index contributed by atoms with van der Waals surface area (Å²) in [5, 5.41) is 0.137. The largest absolute Gasteiger partial charge is 0.418 e. The van der Waals surface area contributed by atoms with Crippen LogP contribution >= 0.6 is 11.6 Å².